The highest BCUT2D eigenvalue weighted by Crippen LogP contribution is 2.44. The van der Waals surface area contributed by atoms with Crippen molar-refractivity contribution in [3.05, 3.63) is 106 Å². The zero-order valence-electron chi connectivity index (χ0n) is 17.0. The van der Waals surface area contributed by atoms with Crippen LogP contribution in [0.2, 0.25) is 10.0 Å². The molecule has 0 saturated carbocycles. The first-order chi connectivity index (χ1) is 15.4. The van der Waals surface area contributed by atoms with Crippen LogP contribution in [-0.2, 0) is 9.84 Å². The highest BCUT2D eigenvalue weighted by molar-refractivity contribution is 7.91. The Morgan fingerprint density at radius 2 is 1.50 bits per heavy atom. The number of nitrogens with zero attached hydrogens (tertiary/aromatic N) is 2. The van der Waals surface area contributed by atoms with Crippen molar-refractivity contribution in [3.8, 4) is 0 Å². The topological polar surface area (TPSA) is 49.7 Å². The van der Waals surface area contributed by atoms with Gasteiger partial charge in [0.25, 0.3) is 0 Å². The molecule has 0 radical (unpaired) electrons. The standard InChI is InChI=1S/C25H20Cl2N2O2S/c26-20-10-6-17(7-11-20)14-19-15-32(30,31)16-23-24(19)28-29(22-4-2-1-3-5-22)25(23)18-8-12-21(27)13-9-18/h1-14,23,25H,15-16H2. The molecule has 5 rings (SSSR count). The van der Waals surface area contributed by atoms with Crippen LogP contribution in [0.4, 0.5) is 5.69 Å². The van der Waals surface area contributed by atoms with Gasteiger partial charge in [0.2, 0.25) is 0 Å². The molecule has 2 unspecified atom stereocenters. The third kappa shape index (κ3) is 4.20. The maximum atomic E-state index is 13.0. The van der Waals surface area contributed by atoms with Gasteiger partial charge in [0.05, 0.1) is 28.9 Å². The van der Waals surface area contributed by atoms with E-state index in [0.29, 0.717) is 10.0 Å². The number of benzene rings is 3. The summed E-state index contributed by atoms with van der Waals surface area (Å²) in [4.78, 5) is 0. The molecule has 2 atom stereocenters. The van der Waals surface area contributed by atoms with Gasteiger partial charge in [-0.1, -0.05) is 65.7 Å². The number of para-hydroxylation sites is 1. The number of hydrogen-bond donors (Lipinski definition) is 0. The van der Waals surface area contributed by atoms with E-state index in [9.17, 15) is 8.42 Å². The summed E-state index contributed by atoms with van der Waals surface area (Å²) in [6.07, 6.45) is 1.91. The second-order valence-electron chi connectivity index (χ2n) is 8.04. The Labute approximate surface area is 197 Å². The van der Waals surface area contributed by atoms with Gasteiger partial charge in [-0.15, -0.1) is 0 Å². The van der Waals surface area contributed by atoms with Crippen molar-refractivity contribution in [1.29, 1.82) is 0 Å². The van der Waals surface area contributed by atoms with E-state index in [1.54, 1.807) is 12.1 Å². The SMILES string of the molecule is O=S1(=O)CC(=Cc2ccc(Cl)cc2)C2=NN(c3ccccc3)C(c3ccc(Cl)cc3)C2C1. The number of fused-ring (bicyclic) bond motifs is 1. The molecule has 1 saturated heterocycles. The Kier molecular flexibility index (Phi) is 5.58. The number of anilines is 1. The third-order valence-electron chi connectivity index (χ3n) is 5.79. The lowest BCUT2D eigenvalue weighted by Crippen LogP contribution is -2.37. The average Bonchev–Trinajstić information content (AvgIpc) is 3.15. The molecule has 0 aliphatic carbocycles. The average molecular weight is 483 g/mol. The van der Waals surface area contributed by atoms with E-state index in [1.807, 2.05) is 77.8 Å². The summed E-state index contributed by atoms with van der Waals surface area (Å²) < 4.78 is 25.9. The number of hydrogen-bond acceptors (Lipinski definition) is 4. The summed E-state index contributed by atoms with van der Waals surface area (Å²) in [6, 6.07) is 24.5. The summed E-state index contributed by atoms with van der Waals surface area (Å²) in [6.45, 7) is 0. The molecule has 4 nitrogen and oxygen atoms in total. The van der Waals surface area contributed by atoms with Crippen LogP contribution < -0.4 is 5.01 Å². The van der Waals surface area contributed by atoms with Crippen LogP contribution in [0, 0.1) is 5.92 Å². The van der Waals surface area contributed by atoms with E-state index in [1.165, 1.54) is 0 Å². The van der Waals surface area contributed by atoms with Crippen molar-refractivity contribution in [2.24, 2.45) is 11.0 Å². The van der Waals surface area contributed by atoms with Gasteiger partial charge in [-0.3, -0.25) is 5.01 Å². The Balaban J connectivity index is 1.65. The van der Waals surface area contributed by atoms with Crippen LogP contribution in [0.25, 0.3) is 6.08 Å². The van der Waals surface area contributed by atoms with Gasteiger partial charge in [-0.05, 0) is 59.2 Å². The fourth-order valence-electron chi connectivity index (χ4n) is 4.40. The monoisotopic (exact) mass is 482 g/mol. The number of rotatable bonds is 3. The fourth-order valence-corrected chi connectivity index (χ4v) is 6.36. The van der Waals surface area contributed by atoms with E-state index in [2.05, 4.69) is 0 Å². The van der Waals surface area contributed by atoms with E-state index in [-0.39, 0.29) is 23.5 Å². The smallest absolute Gasteiger partial charge is 0.155 e. The van der Waals surface area contributed by atoms with Gasteiger partial charge in [0.1, 0.15) is 0 Å². The fraction of sp³-hybridized carbons (Fsp3) is 0.160. The minimum atomic E-state index is -3.30. The van der Waals surface area contributed by atoms with Crippen LogP contribution in [0.5, 0.6) is 0 Å². The minimum Gasteiger partial charge on any atom is -0.257 e. The molecule has 162 valence electrons. The Morgan fingerprint density at radius 1 is 0.875 bits per heavy atom. The number of hydrazone groups is 1. The lowest BCUT2D eigenvalue weighted by molar-refractivity contribution is 0.554. The molecular formula is C25H20Cl2N2O2S. The van der Waals surface area contributed by atoms with Gasteiger partial charge in [-0.2, -0.15) is 5.10 Å². The molecule has 0 N–H and O–H groups in total. The molecule has 7 heteroatoms. The van der Waals surface area contributed by atoms with Crippen LogP contribution >= 0.6 is 23.2 Å². The quantitative estimate of drug-likeness (QED) is 0.457. The Hall–Kier alpha value is -2.60. The van der Waals surface area contributed by atoms with Crippen molar-refractivity contribution in [2.45, 2.75) is 6.04 Å². The van der Waals surface area contributed by atoms with Crippen LogP contribution in [-0.4, -0.2) is 25.6 Å². The molecular weight excluding hydrogens is 463 g/mol. The van der Waals surface area contributed by atoms with E-state index in [4.69, 9.17) is 28.3 Å². The highest BCUT2D eigenvalue weighted by atomic mass is 35.5. The third-order valence-corrected chi connectivity index (χ3v) is 7.91. The molecule has 1 fully saturated rings. The van der Waals surface area contributed by atoms with E-state index >= 15 is 0 Å². The number of halogens is 2. The predicted octanol–water partition coefficient (Wildman–Crippen LogP) is 6.04. The molecule has 2 heterocycles. The van der Waals surface area contributed by atoms with Gasteiger partial charge < -0.3 is 0 Å². The van der Waals surface area contributed by atoms with Crippen LogP contribution in [0.1, 0.15) is 17.2 Å². The zero-order chi connectivity index (χ0) is 22.3. The first-order valence-electron chi connectivity index (χ1n) is 10.2. The Bertz CT molecular complexity index is 1300. The van der Waals surface area contributed by atoms with Crippen molar-refractivity contribution in [3.63, 3.8) is 0 Å². The van der Waals surface area contributed by atoms with Crippen molar-refractivity contribution < 1.29 is 8.42 Å². The molecule has 0 amide bonds. The molecule has 0 bridgehead atoms. The van der Waals surface area contributed by atoms with Crippen molar-refractivity contribution in [2.75, 3.05) is 16.5 Å². The molecule has 0 spiro atoms. The first-order valence-corrected chi connectivity index (χ1v) is 12.8. The predicted molar refractivity (Wildman–Crippen MR) is 132 cm³/mol. The molecule has 2 aliphatic heterocycles. The van der Waals surface area contributed by atoms with Crippen LogP contribution in [0.15, 0.2) is 89.5 Å². The van der Waals surface area contributed by atoms with Gasteiger partial charge >= 0.3 is 0 Å². The summed E-state index contributed by atoms with van der Waals surface area (Å²) in [7, 11) is -3.30. The highest BCUT2D eigenvalue weighted by Gasteiger charge is 2.46. The normalized spacial score (nSPS) is 23.1. The summed E-state index contributed by atoms with van der Waals surface area (Å²) in [5.74, 6) is -0.255. The minimum absolute atomic E-state index is 0.0269. The van der Waals surface area contributed by atoms with E-state index < -0.39 is 9.84 Å². The molecule has 3 aromatic carbocycles. The Morgan fingerprint density at radius 3 is 2.16 bits per heavy atom. The zero-order valence-corrected chi connectivity index (χ0v) is 19.4. The van der Waals surface area contributed by atoms with Crippen LogP contribution in [0.3, 0.4) is 0 Å². The van der Waals surface area contributed by atoms with E-state index in [0.717, 1.165) is 28.1 Å². The summed E-state index contributed by atoms with van der Waals surface area (Å²) >= 11 is 12.1. The first kappa shape index (κ1) is 21.3. The maximum absolute atomic E-state index is 13.0. The lowest BCUT2D eigenvalue weighted by atomic mass is 9.87. The second-order valence-corrected chi connectivity index (χ2v) is 11.0. The van der Waals surface area contributed by atoms with Gasteiger partial charge in [0.15, 0.2) is 9.84 Å². The summed E-state index contributed by atoms with van der Waals surface area (Å²) in [5.41, 5.74) is 4.33. The van der Waals surface area contributed by atoms with Gasteiger partial charge in [-0.25, -0.2) is 8.42 Å². The van der Waals surface area contributed by atoms with Crippen molar-refractivity contribution in [1.82, 2.24) is 0 Å². The second kappa shape index (κ2) is 8.39. The maximum Gasteiger partial charge on any atom is 0.155 e. The van der Waals surface area contributed by atoms with Gasteiger partial charge in [0, 0.05) is 16.0 Å². The molecule has 2 aliphatic rings. The largest absolute Gasteiger partial charge is 0.257 e. The lowest BCUT2D eigenvalue weighted by Gasteiger charge is -2.30. The van der Waals surface area contributed by atoms with Crippen molar-refractivity contribution >= 4 is 50.5 Å². The number of sulfone groups is 1. The molecule has 32 heavy (non-hydrogen) atoms. The molecule has 0 aromatic heterocycles. The summed E-state index contributed by atoms with van der Waals surface area (Å²) in [5, 5.41) is 8.20. The molecule has 3 aromatic rings.